The molecule has 3 heterocycles. The molecule has 0 aromatic carbocycles. The predicted molar refractivity (Wildman–Crippen MR) is 95.2 cm³/mol. The van der Waals surface area contributed by atoms with Gasteiger partial charge in [-0.2, -0.15) is 0 Å². The Balaban J connectivity index is 1.57. The molecular formula is C19H24N4O. The van der Waals surface area contributed by atoms with E-state index in [4.69, 9.17) is 0 Å². The fourth-order valence-electron chi connectivity index (χ4n) is 3.00. The quantitative estimate of drug-likeness (QED) is 0.848. The van der Waals surface area contributed by atoms with Crippen LogP contribution >= 0.6 is 0 Å². The molecule has 2 aromatic heterocycles. The maximum Gasteiger partial charge on any atom is 0.272 e. The first-order chi connectivity index (χ1) is 11.7. The number of pyridine rings is 2. The number of carbonyl (C=O) groups is 1. The van der Waals surface area contributed by atoms with Crippen molar-refractivity contribution in [2.24, 2.45) is 0 Å². The molecule has 5 nitrogen and oxygen atoms in total. The van der Waals surface area contributed by atoms with Gasteiger partial charge < -0.3 is 9.80 Å². The van der Waals surface area contributed by atoms with Crippen molar-refractivity contribution >= 4 is 11.6 Å². The van der Waals surface area contributed by atoms with Crippen LogP contribution in [0.3, 0.4) is 0 Å². The zero-order valence-corrected chi connectivity index (χ0v) is 14.2. The highest BCUT2D eigenvalue weighted by Crippen LogP contribution is 2.19. The molecule has 1 fully saturated rings. The molecule has 0 radical (unpaired) electrons. The Morgan fingerprint density at radius 1 is 1.12 bits per heavy atom. The van der Waals surface area contributed by atoms with Crippen molar-refractivity contribution in [1.29, 1.82) is 0 Å². The molecule has 0 atom stereocenters. The second-order valence-electron chi connectivity index (χ2n) is 6.28. The number of aromatic nitrogens is 2. The lowest BCUT2D eigenvalue weighted by Crippen LogP contribution is -2.31. The Bertz CT molecular complexity index is 651. The molecule has 126 valence electrons. The highest BCUT2D eigenvalue weighted by molar-refractivity contribution is 5.92. The summed E-state index contributed by atoms with van der Waals surface area (Å²) in [6.07, 6.45) is 9.97. The molecule has 0 saturated carbocycles. The van der Waals surface area contributed by atoms with Crippen LogP contribution in [0, 0.1) is 0 Å². The smallest absolute Gasteiger partial charge is 0.272 e. The Morgan fingerprint density at radius 3 is 2.54 bits per heavy atom. The van der Waals surface area contributed by atoms with Gasteiger partial charge in [-0.25, -0.2) is 4.98 Å². The minimum absolute atomic E-state index is 0.0331. The van der Waals surface area contributed by atoms with Crippen molar-refractivity contribution in [2.45, 2.75) is 25.7 Å². The average Bonchev–Trinajstić information content (AvgIpc) is 2.67. The summed E-state index contributed by atoms with van der Waals surface area (Å²) < 4.78 is 0. The van der Waals surface area contributed by atoms with Crippen LogP contribution in [0.4, 0.5) is 5.69 Å². The number of amides is 1. The summed E-state index contributed by atoms with van der Waals surface area (Å²) in [6.45, 7) is 2.83. The zero-order chi connectivity index (χ0) is 16.8. The number of hydrogen-bond donors (Lipinski definition) is 0. The number of likely N-dealkylation sites (N-methyl/N-ethyl adjacent to an activating group) is 1. The molecule has 24 heavy (non-hydrogen) atoms. The maximum atomic E-state index is 12.5. The molecule has 0 aliphatic carbocycles. The first-order valence-electron chi connectivity index (χ1n) is 8.59. The van der Waals surface area contributed by atoms with Gasteiger partial charge in [0.2, 0.25) is 0 Å². The monoisotopic (exact) mass is 324 g/mol. The summed E-state index contributed by atoms with van der Waals surface area (Å²) in [5, 5.41) is 0. The van der Waals surface area contributed by atoms with Gasteiger partial charge in [0, 0.05) is 39.1 Å². The van der Waals surface area contributed by atoms with Gasteiger partial charge in [0.1, 0.15) is 5.69 Å². The van der Waals surface area contributed by atoms with Crippen molar-refractivity contribution in [3.05, 3.63) is 54.1 Å². The first kappa shape index (κ1) is 16.4. The molecule has 5 heteroatoms. The number of rotatable bonds is 5. The van der Waals surface area contributed by atoms with Crippen LogP contribution in [0.25, 0.3) is 0 Å². The van der Waals surface area contributed by atoms with E-state index in [0.717, 1.165) is 25.2 Å². The fourth-order valence-corrected chi connectivity index (χ4v) is 3.00. The third-order valence-electron chi connectivity index (χ3n) is 4.52. The molecule has 0 unspecified atom stereocenters. The lowest BCUT2D eigenvalue weighted by Gasteiger charge is -2.28. The Labute approximate surface area is 143 Å². The molecule has 0 N–H and O–H groups in total. The average molecular weight is 324 g/mol. The van der Waals surface area contributed by atoms with E-state index >= 15 is 0 Å². The van der Waals surface area contributed by atoms with E-state index in [9.17, 15) is 4.79 Å². The molecule has 1 aliphatic rings. The predicted octanol–water partition coefficient (Wildman–Crippen LogP) is 2.78. The maximum absolute atomic E-state index is 12.5. The van der Waals surface area contributed by atoms with Crippen LogP contribution in [-0.4, -0.2) is 47.5 Å². The normalized spacial score (nSPS) is 14.5. The number of nitrogens with zero attached hydrogens (tertiary/aromatic N) is 4. The van der Waals surface area contributed by atoms with E-state index in [1.165, 1.54) is 24.8 Å². The van der Waals surface area contributed by atoms with Gasteiger partial charge in [-0.15, -0.1) is 0 Å². The number of piperidine rings is 1. The standard InChI is InChI=1S/C19H24N4O/c1-22(14-9-16-7-10-20-11-8-16)19(24)18-6-5-17(15-21-18)23-12-3-2-4-13-23/h5-8,10-11,15H,2-4,9,12-14H2,1H3. The van der Waals surface area contributed by atoms with Gasteiger partial charge >= 0.3 is 0 Å². The Kier molecular flexibility index (Phi) is 5.41. The van der Waals surface area contributed by atoms with Gasteiger partial charge in [-0.1, -0.05) is 0 Å². The SMILES string of the molecule is CN(CCc1ccncc1)C(=O)c1ccc(N2CCCCC2)cn1. The molecule has 1 amide bonds. The molecule has 3 rings (SSSR count). The summed E-state index contributed by atoms with van der Waals surface area (Å²) in [5.41, 5.74) is 2.80. The fraction of sp³-hybridized carbons (Fsp3) is 0.421. The number of anilines is 1. The Hall–Kier alpha value is -2.43. The Morgan fingerprint density at radius 2 is 1.88 bits per heavy atom. The summed E-state index contributed by atoms with van der Waals surface area (Å²) in [4.78, 5) is 25.0. The second-order valence-corrected chi connectivity index (χ2v) is 6.28. The van der Waals surface area contributed by atoms with Crippen molar-refractivity contribution in [3.63, 3.8) is 0 Å². The van der Waals surface area contributed by atoms with E-state index in [-0.39, 0.29) is 5.91 Å². The van der Waals surface area contributed by atoms with Crippen LogP contribution in [0.2, 0.25) is 0 Å². The van der Waals surface area contributed by atoms with Crippen LogP contribution in [0.5, 0.6) is 0 Å². The van der Waals surface area contributed by atoms with Gasteiger partial charge in [-0.3, -0.25) is 9.78 Å². The third kappa shape index (κ3) is 4.10. The zero-order valence-electron chi connectivity index (χ0n) is 14.2. The summed E-state index contributed by atoms with van der Waals surface area (Å²) in [7, 11) is 1.82. The summed E-state index contributed by atoms with van der Waals surface area (Å²) in [6, 6.07) is 7.81. The van der Waals surface area contributed by atoms with E-state index in [0.29, 0.717) is 12.2 Å². The number of carbonyl (C=O) groups excluding carboxylic acids is 1. The number of hydrogen-bond acceptors (Lipinski definition) is 4. The topological polar surface area (TPSA) is 49.3 Å². The van der Waals surface area contributed by atoms with E-state index in [1.54, 1.807) is 17.3 Å². The van der Waals surface area contributed by atoms with Crippen LogP contribution < -0.4 is 4.90 Å². The third-order valence-corrected chi connectivity index (χ3v) is 4.52. The van der Waals surface area contributed by atoms with Crippen LogP contribution in [0.1, 0.15) is 35.3 Å². The van der Waals surface area contributed by atoms with Gasteiger partial charge in [0.25, 0.3) is 5.91 Å². The molecule has 0 spiro atoms. The lowest BCUT2D eigenvalue weighted by atomic mass is 10.1. The van der Waals surface area contributed by atoms with Crippen molar-refractivity contribution < 1.29 is 4.79 Å². The van der Waals surface area contributed by atoms with E-state index < -0.39 is 0 Å². The minimum Gasteiger partial charge on any atom is -0.370 e. The molecule has 1 aliphatic heterocycles. The van der Waals surface area contributed by atoms with Gasteiger partial charge in [0.15, 0.2) is 0 Å². The molecule has 0 bridgehead atoms. The van der Waals surface area contributed by atoms with Gasteiger partial charge in [-0.05, 0) is 55.5 Å². The first-order valence-corrected chi connectivity index (χ1v) is 8.59. The van der Waals surface area contributed by atoms with E-state index in [1.807, 2.05) is 37.5 Å². The second kappa shape index (κ2) is 7.90. The molecule has 2 aromatic rings. The highest BCUT2D eigenvalue weighted by atomic mass is 16.2. The molecule has 1 saturated heterocycles. The minimum atomic E-state index is -0.0331. The van der Waals surface area contributed by atoms with Crippen molar-refractivity contribution in [1.82, 2.24) is 14.9 Å². The summed E-state index contributed by atoms with van der Waals surface area (Å²) in [5.74, 6) is -0.0331. The van der Waals surface area contributed by atoms with Crippen LogP contribution in [-0.2, 0) is 6.42 Å². The largest absolute Gasteiger partial charge is 0.370 e. The van der Waals surface area contributed by atoms with Crippen molar-refractivity contribution in [2.75, 3.05) is 31.6 Å². The van der Waals surface area contributed by atoms with Crippen molar-refractivity contribution in [3.8, 4) is 0 Å². The summed E-state index contributed by atoms with van der Waals surface area (Å²) >= 11 is 0. The van der Waals surface area contributed by atoms with E-state index in [2.05, 4.69) is 14.9 Å². The molecular weight excluding hydrogens is 300 g/mol. The lowest BCUT2D eigenvalue weighted by molar-refractivity contribution is 0.0791. The van der Waals surface area contributed by atoms with Crippen LogP contribution in [0.15, 0.2) is 42.9 Å². The highest BCUT2D eigenvalue weighted by Gasteiger charge is 2.15. The van der Waals surface area contributed by atoms with Gasteiger partial charge in [0.05, 0.1) is 11.9 Å².